The van der Waals surface area contributed by atoms with Gasteiger partial charge in [-0.1, -0.05) is 24.3 Å². The van der Waals surface area contributed by atoms with E-state index < -0.39 is 0 Å². The number of thiophene rings is 1. The first kappa shape index (κ1) is 12.4. The molecule has 0 aliphatic heterocycles. The van der Waals surface area contributed by atoms with E-state index in [1.165, 1.54) is 11.1 Å². The van der Waals surface area contributed by atoms with Gasteiger partial charge >= 0.3 is 0 Å². The molecule has 98 valence electrons. The first-order valence-electron chi connectivity index (χ1n) is 6.42. The lowest BCUT2D eigenvalue weighted by molar-refractivity contribution is 0.100. The van der Waals surface area contributed by atoms with Crippen LogP contribution in [0, 0.1) is 0 Å². The molecule has 0 fully saturated rings. The van der Waals surface area contributed by atoms with E-state index in [1.54, 1.807) is 11.3 Å². The number of fused-ring (bicyclic) bond motifs is 1. The van der Waals surface area contributed by atoms with E-state index >= 15 is 0 Å². The Kier molecular flexibility index (Phi) is 3.36. The van der Waals surface area contributed by atoms with Crippen LogP contribution >= 0.6 is 11.3 Å². The monoisotopic (exact) mass is 272 g/mol. The highest BCUT2D eigenvalue weighted by molar-refractivity contribution is 7.10. The molecule has 0 spiro atoms. The molecule has 1 unspecified atom stereocenters. The molecule has 1 aromatic carbocycles. The second kappa shape index (κ2) is 5.15. The van der Waals surface area contributed by atoms with Gasteiger partial charge in [-0.2, -0.15) is 0 Å². The van der Waals surface area contributed by atoms with Crippen LogP contribution in [0.2, 0.25) is 0 Å². The topological polar surface area (TPSA) is 55.1 Å². The zero-order valence-electron chi connectivity index (χ0n) is 10.6. The zero-order valence-corrected chi connectivity index (χ0v) is 11.4. The quantitative estimate of drug-likeness (QED) is 0.899. The standard InChI is InChI=1S/C15H16N2OS/c16-15(18)11-7-12(19-9-11)8-17-14-6-5-10-3-1-2-4-13(10)14/h1-4,7,9,14,17H,5-6,8H2,(H2,16,18). The number of hydrogen-bond donors (Lipinski definition) is 2. The maximum absolute atomic E-state index is 11.0. The summed E-state index contributed by atoms with van der Waals surface area (Å²) in [5.41, 5.74) is 8.72. The predicted octanol–water partition coefficient (Wildman–Crippen LogP) is 2.62. The van der Waals surface area contributed by atoms with E-state index in [9.17, 15) is 4.79 Å². The van der Waals surface area contributed by atoms with Gasteiger partial charge in [0, 0.05) is 22.8 Å². The summed E-state index contributed by atoms with van der Waals surface area (Å²) in [6.07, 6.45) is 2.29. The van der Waals surface area contributed by atoms with Gasteiger partial charge in [-0.05, 0) is 30.0 Å². The number of hydrogen-bond acceptors (Lipinski definition) is 3. The van der Waals surface area contributed by atoms with Crippen molar-refractivity contribution in [2.75, 3.05) is 0 Å². The van der Waals surface area contributed by atoms with Gasteiger partial charge in [0.2, 0.25) is 5.91 Å². The summed E-state index contributed by atoms with van der Waals surface area (Å²) in [5, 5.41) is 5.39. The lowest BCUT2D eigenvalue weighted by atomic mass is 10.1. The highest BCUT2D eigenvalue weighted by Gasteiger charge is 2.21. The van der Waals surface area contributed by atoms with Crippen LogP contribution in [-0.2, 0) is 13.0 Å². The van der Waals surface area contributed by atoms with Crippen molar-refractivity contribution in [3.8, 4) is 0 Å². The minimum absolute atomic E-state index is 0.353. The van der Waals surface area contributed by atoms with Crippen molar-refractivity contribution < 1.29 is 4.79 Å². The van der Waals surface area contributed by atoms with E-state index in [2.05, 4.69) is 29.6 Å². The second-order valence-electron chi connectivity index (χ2n) is 4.84. The van der Waals surface area contributed by atoms with Gasteiger partial charge in [-0.25, -0.2) is 0 Å². The molecule has 3 rings (SSSR count). The highest BCUT2D eigenvalue weighted by atomic mass is 32.1. The summed E-state index contributed by atoms with van der Waals surface area (Å²) in [4.78, 5) is 12.2. The first-order valence-corrected chi connectivity index (χ1v) is 7.30. The molecule has 0 saturated heterocycles. The van der Waals surface area contributed by atoms with E-state index in [0.717, 1.165) is 24.3 Å². The second-order valence-corrected chi connectivity index (χ2v) is 5.83. The van der Waals surface area contributed by atoms with Gasteiger partial charge in [0.25, 0.3) is 0 Å². The number of benzene rings is 1. The Bertz CT molecular complexity index is 606. The summed E-state index contributed by atoms with van der Waals surface area (Å²) in [5.74, 6) is -0.353. The number of nitrogens with one attached hydrogen (secondary N) is 1. The number of amides is 1. The summed E-state index contributed by atoms with van der Waals surface area (Å²) >= 11 is 1.58. The fourth-order valence-electron chi connectivity index (χ4n) is 2.60. The van der Waals surface area contributed by atoms with Crippen LogP contribution in [-0.4, -0.2) is 5.91 Å². The van der Waals surface area contributed by atoms with Crippen molar-refractivity contribution >= 4 is 17.2 Å². The summed E-state index contributed by atoms with van der Waals surface area (Å²) in [6.45, 7) is 0.789. The van der Waals surface area contributed by atoms with Crippen molar-refractivity contribution in [2.24, 2.45) is 5.73 Å². The molecule has 0 radical (unpaired) electrons. The fraction of sp³-hybridized carbons (Fsp3) is 0.267. The molecule has 2 aromatic rings. The van der Waals surface area contributed by atoms with Crippen LogP contribution < -0.4 is 11.1 Å². The van der Waals surface area contributed by atoms with Crippen LogP contribution in [0.25, 0.3) is 0 Å². The van der Waals surface area contributed by atoms with Crippen LogP contribution in [0.3, 0.4) is 0 Å². The number of aryl methyl sites for hydroxylation is 1. The van der Waals surface area contributed by atoms with Gasteiger partial charge in [-0.3, -0.25) is 4.79 Å². The molecule has 3 N–H and O–H groups in total. The Hall–Kier alpha value is -1.65. The molecule has 1 aliphatic rings. The van der Waals surface area contributed by atoms with E-state index in [0.29, 0.717) is 11.6 Å². The molecule has 1 aliphatic carbocycles. The Balaban J connectivity index is 1.65. The van der Waals surface area contributed by atoms with E-state index in [4.69, 9.17) is 5.73 Å². The number of primary amides is 1. The van der Waals surface area contributed by atoms with Gasteiger partial charge in [0.15, 0.2) is 0 Å². The van der Waals surface area contributed by atoms with Crippen molar-refractivity contribution in [1.82, 2.24) is 5.32 Å². The van der Waals surface area contributed by atoms with Crippen molar-refractivity contribution in [1.29, 1.82) is 0 Å². The normalized spacial score (nSPS) is 17.4. The first-order chi connectivity index (χ1) is 9.24. The molecule has 3 nitrogen and oxygen atoms in total. The van der Waals surface area contributed by atoms with Crippen molar-refractivity contribution in [3.63, 3.8) is 0 Å². The number of rotatable bonds is 4. The minimum Gasteiger partial charge on any atom is -0.366 e. The van der Waals surface area contributed by atoms with Gasteiger partial charge in [0.1, 0.15) is 0 Å². The third-order valence-electron chi connectivity index (χ3n) is 3.59. The summed E-state index contributed by atoms with van der Waals surface area (Å²) < 4.78 is 0. The lowest BCUT2D eigenvalue weighted by Gasteiger charge is -2.13. The predicted molar refractivity (Wildman–Crippen MR) is 77.2 cm³/mol. The highest BCUT2D eigenvalue weighted by Crippen LogP contribution is 2.31. The number of carbonyl (C=O) groups excluding carboxylic acids is 1. The molecular formula is C15H16N2OS. The number of nitrogens with two attached hydrogens (primary N) is 1. The Morgan fingerprint density at radius 1 is 1.42 bits per heavy atom. The Morgan fingerprint density at radius 2 is 2.26 bits per heavy atom. The summed E-state index contributed by atoms with van der Waals surface area (Å²) in [6, 6.07) is 10.9. The van der Waals surface area contributed by atoms with Crippen molar-refractivity contribution in [2.45, 2.75) is 25.4 Å². The molecule has 1 aromatic heterocycles. The van der Waals surface area contributed by atoms with Gasteiger partial charge < -0.3 is 11.1 Å². The molecule has 4 heteroatoms. The van der Waals surface area contributed by atoms with E-state index in [1.807, 2.05) is 11.4 Å². The average Bonchev–Trinajstić information content (AvgIpc) is 3.03. The van der Waals surface area contributed by atoms with Crippen LogP contribution in [0.15, 0.2) is 35.7 Å². The third kappa shape index (κ3) is 2.55. The molecule has 0 bridgehead atoms. The molecule has 0 saturated carbocycles. The van der Waals surface area contributed by atoms with Crippen LogP contribution in [0.5, 0.6) is 0 Å². The largest absolute Gasteiger partial charge is 0.366 e. The molecule has 1 atom stereocenters. The number of carbonyl (C=O) groups is 1. The third-order valence-corrected chi connectivity index (χ3v) is 4.53. The molecule has 1 heterocycles. The fourth-order valence-corrected chi connectivity index (χ4v) is 3.42. The molecular weight excluding hydrogens is 256 g/mol. The van der Waals surface area contributed by atoms with Gasteiger partial charge in [-0.15, -0.1) is 11.3 Å². The van der Waals surface area contributed by atoms with Crippen molar-refractivity contribution in [3.05, 3.63) is 57.3 Å². The van der Waals surface area contributed by atoms with Crippen LogP contribution in [0.4, 0.5) is 0 Å². The maximum Gasteiger partial charge on any atom is 0.249 e. The minimum atomic E-state index is -0.353. The maximum atomic E-state index is 11.0. The molecule has 1 amide bonds. The van der Waals surface area contributed by atoms with Crippen LogP contribution in [0.1, 0.15) is 38.8 Å². The Morgan fingerprint density at radius 3 is 3.05 bits per heavy atom. The Labute approximate surface area is 116 Å². The zero-order chi connectivity index (χ0) is 13.2. The SMILES string of the molecule is NC(=O)c1csc(CNC2CCc3ccccc32)c1. The average molecular weight is 272 g/mol. The van der Waals surface area contributed by atoms with E-state index in [-0.39, 0.29) is 5.91 Å². The molecule has 19 heavy (non-hydrogen) atoms. The smallest absolute Gasteiger partial charge is 0.249 e. The van der Waals surface area contributed by atoms with Gasteiger partial charge in [0.05, 0.1) is 5.56 Å². The lowest BCUT2D eigenvalue weighted by Crippen LogP contribution is -2.18. The summed E-state index contributed by atoms with van der Waals surface area (Å²) in [7, 11) is 0.